The van der Waals surface area contributed by atoms with Gasteiger partial charge in [0.15, 0.2) is 0 Å². The van der Waals surface area contributed by atoms with E-state index in [9.17, 15) is 0 Å². The molecule has 2 aliphatic carbocycles. The van der Waals surface area contributed by atoms with Crippen LogP contribution in [0.25, 0.3) is 0 Å². The van der Waals surface area contributed by atoms with Gasteiger partial charge in [-0.15, -0.1) is 0 Å². The molecule has 0 atom stereocenters. The highest BCUT2D eigenvalue weighted by Gasteiger charge is 2.35. The maximum Gasteiger partial charge on any atom is 0.0951 e. The van der Waals surface area contributed by atoms with Crippen LogP contribution < -0.4 is 5.32 Å². The van der Waals surface area contributed by atoms with Crippen LogP contribution in [0.1, 0.15) is 50.3 Å². The lowest BCUT2D eigenvalue weighted by Gasteiger charge is -2.36. The average Bonchev–Trinajstić information content (AvgIpc) is 2.93. The van der Waals surface area contributed by atoms with E-state index in [1.807, 2.05) is 12.5 Å². The van der Waals surface area contributed by atoms with Crippen molar-refractivity contribution in [3.63, 3.8) is 0 Å². The fourth-order valence-corrected chi connectivity index (χ4v) is 3.39. The smallest absolute Gasteiger partial charge is 0.0951 e. The average molecular weight is 262 g/mol. The van der Waals surface area contributed by atoms with E-state index in [0.29, 0.717) is 5.54 Å². The Balaban J connectivity index is 1.55. The molecular weight excluding hydrogens is 236 g/mol. The van der Waals surface area contributed by atoms with Crippen molar-refractivity contribution in [1.82, 2.24) is 19.8 Å². The van der Waals surface area contributed by atoms with Crippen LogP contribution in [0.2, 0.25) is 0 Å². The Bertz CT molecular complexity index is 414. The Kier molecular flexibility index (Phi) is 3.63. The van der Waals surface area contributed by atoms with E-state index in [2.05, 4.69) is 33.9 Å². The summed E-state index contributed by atoms with van der Waals surface area (Å²) in [6.07, 6.45) is 12.1. The summed E-state index contributed by atoms with van der Waals surface area (Å²) in [6, 6.07) is 0.730. The summed E-state index contributed by atoms with van der Waals surface area (Å²) in [5.41, 5.74) is 1.72. The van der Waals surface area contributed by atoms with Crippen molar-refractivity contribution in [3.05, 3.63) is 18.2 Å². The molecule has 1 N–H and O–H groups in total. The summed E-state index contributed by atoms with van der Waals surface area (Å²) in [5.74, 6) is 0. The van der Waals surface area contributed by atoms with Gasteiger partial charge in [-0.3, -0.25) is 0 Å². The van der Waals surface area contributed by atoms with E-state index >= 15 is 0 Å². The van der Waals surface area contributed by atoms with Gasteiger partial charge < -0.3 is 14.8 Å². The van der Waals surface area contributed by atoms with Gasteiger partial charge in [-0.25, -0.2) is 4.98 Å². The first-order valence-electron chi connectivity index (χ1n) is 7.60. The zero-order valence-electron chi connectivity index (χ0n) is 12.2. The molecule has 0 aliphatic heterocycles. The molecule has 1 aromatic rings. The molecule has 106 valence electrons. The van der Waals surface area contributed by atoms with E-state index in [1.54, 1.807) is 0 Å². The third-order valence-electron chi connectivity index (χ3n) is 4.93. The van der Waals surface area contributed by atoms with Crippen LogP contribution in [0.4, 0.5) is 0 Å². The first-order chi connectivity index (χ1) is 9.21. The normalized spacial score (nSPS) is 22.3. The molecule has 0 radical (unpaired) electrons. The molecule has 1 heterocycles. The number of aromatic nitrogens is 2. The summed E-state index contributed by atoms with van der Waals surface area (Å²) < 4.78 is 2.35. The summed E-state index contributed by atoms with van der Waals surface area (Å²) in [7, 11) is 4.45. The van der Waals surface area contributed by atoms with Gasteiger partial charge in [-0.05, 0) is 39.8 Å². The Labute approximate surface area is 116 Å². The second-order valence-corrected chi connectivity index (χ2v) is 6.45. The largest absolute Gasteiger partial charge is 0.330 e. The summed E-state index contributed by atoms with van der Waals surface area (Å²) in [6.45, 7) is 2.04. The topological polar surface area (TPSA) is 33.1 Å². The van der Waals surface area contributed by atoms with Crippen LogP contribution in [0, 0.1) is 0 Å². The zero-order chi connectivity index (χ0) is 13.3. The van der Waals surface area contributed by atoms with E-state index in [1.165, 1.54) is 44.2 Å². The lowest BCUT2D eigenvalue weighted by atomic mass is 9.96. The second kappa shape index (κ2) is 5.25. The standard InChI is InChI=1S/C15H26N4/c1-18(2)15(7-3-4-8-15)11-16-9-14-10-17-12-19(14)13-5-6-13/h10,12-13,16H,3-9,11H2,1-2H3. The third kappa shape index (κ3) is 2.70. The second-order valence-electron chi connectivity index (χ2n) is 6.45. The predicted octanol–water partition coefficient (Wildman–Crippen LogP) is 2.18. The molecule has 2 fully saturated rings. The van der Waals surface area contributed by atoms with Crippen molar-refractivity contribution in [2.75, 3.05) is 20.6 Å². The maximum absolute atomic E-state index is 4.30. The lowest BCUT2D eigenvalue weighted by Crippen LogP contribution is -2.49. The minimum Gasteiger partial charge on any atom is -0.330 e. The van der Waals surface area contributed by atoms with Crippen LogP contribution in [0.3, 0.4) is 0 Å². The molecule has 0 saturated heterocycles. The van der Waals surface area contributed by atoms with Gasteiger partial charge in [0.05, 0.1) is 12.0 Å². The van der Waals surface area contributed by atoms with Gasteiger partial charge in [0.1, 0.15) is 0 Å². The van der Waals surface area contributed by atoms with Gasteiger partial charge in [-0.2, -0.15) is 0 Å². The highest BCUT2D eigenvalue weighted by atomic mass is 15.2. The Hall–Kier alpha value is -0.870. The molecule has 4 nitrogen and oxygen atoms in total. The fraction of sp³-hybridized carbons (Fsp3) is 0.800. The Morgan fingerprint density at radius 3 is 2.74 bits per heavy atom. The molecule has 2 saturated carbocycles. The Morgan fingerprint density at radius 1 is 1.37 bits per heavy atom. The van der Waals surface area contributed by atoms with Crippen LogP contribution >= 0.6 is 0 Å². The summed E-state index contributed by atoms with van der Waals surface area (Å²) in [5, 5.41) is 3.67. The number of hydrogen-bond donors (Lipinski definition) is 1. The van der Waals surface area contributed by atoms with Crippen molar-refractivity contribution in [2.24, 2.45) is 0 Å². The number of nitrogens with zero attached hydrogens (tertiary/aromatic N) is 3. The first-order valence-corrected chi connectivity index (χ1v) is 7.60. The van der Waals surface area contributed by atoms with E-state index in [0.717, 1.165) is 19.1 Å². The van der Waals surface area contributed by atoms with E-state index in [-0.39, 0.29) is 0 Å². The van der Waals surface area contributed by atoms with Gasteiger partial charge in [0.25, 0.3) is 0 Å². The highest BCUT2D eigenvalue weighted by Crippen LogP contribution is 2.36. The SMILES string of the molecule is CN(C)C1(CNCc2cncn2C2CC2)CCCC1. The van der Waals surface area contributed by atoms with Crippen molar-refractivity contribution in [1.29, 1.82) is 0 Å². The molecule has 3 rings (SSSR count). The monoisotopic (exact) mass is 262 g/mol. The number of rotatable bonds is 6. The number of nitrogens with one attached hydrogen (secondary N) is 1. The van der Waals surface area contributed by atoms with Crippen LogP contribution in [-0.2, 0) is 6.54 Å². The predicted molar refractivity (Wildman–Crippen MR) is 77.1 cm³/mol. The van der Waals surface area contributed by atoms with E-state index in [4.69, 9.17) is 0 Å². The molecule has 19 heavy (non-hydrogen) atoms. The molecule has 0 spiro atoms. The van der Waals surface area contributed by atoms with Crippen LogP contribution in [0.5, 0.6) is 0 Å². The number of likely N-dealkylation sites (N-methyl/N-ethyl adjacent to an activating group) is 1. The molecular formula is C15H26N4. The lowest BCUT2D eigenvalue weighted by molar-refractivity contribution is 0.153. The fourth-order valence-electron chi connectivity index (χ4n) is 3.39. The van der Waals surface area contributed by atoms with Gasteiger partial charge in [0, 0.05) is 30.9 Å². The first kappa shape index (κ1) is 13.1. The highest BCUT2D eigenvalue weighted by molar-refractivity contribution is 5.04. The molecule has 0 bridgehead atoms. The van der Waals surface area contributed by atoms with Gasteiger partial charge in [-0.1, -0.05) is 12.8 Å². The molecule has 1 aromatic heterocycles. The van der Waals surface area contributed by atoms with Gasteiger partial charge >= 0.3 is 0 Å². The third-order valence-corrected chi connectivity index (χ3v) is 4.93. The number of imidazole rings is 1. The van der Waals surface area contributed by atoms with E-state index < -0.39 is 0 Å². The van der Waals surface area contributed by atoms with Crippen molar-refractivity contribution < 1.29 is 0 Å². The molecule has 0 amide bonds. The van der Waals surface area contributed by atoms with Crippen molar-refractivity contribution in [3.8, 4) is 0 Å². The van der Waals surface area contributed by atoms with Crippen LogP contribution in [-0.4, -0.2) is 40.6 Å². The maximum atomic E-state index is 4.30. The Morgan fingerprint density at radius 2 is 2.11 bits per heavy atom. The minimum absolute atomic E-state index is 0.379. The van der Waals surface area contributed by atoms with Gasteiger partial charge in [0.2, 0.25) is 0 Å². The van der Waals surface area contributed by atoms with Crippen LogP contribution in [0.15, 0.2) is 12.5 Å². The number of hydrogen-bond acceptors (Lipinski definition) is 3. The minimum atomic E-state index is 0.379. The molecule has 4 heteroatoms. The summed E-state index contributed by atoms with van der Waals surface area (Å²) in [4.78, 5) is 6.72. The molecule has 0 aromatic carbocycles. The zero-order valence-corrected chi connectivity index (χ0v) is 12.2. The van der Waals surface area contributed by atoms with Crippen molar-refractivity contribution >= 4 is 0 Å². The summed E-state index contributed by atoms with van der Waals surface area (Å²) >= 11 is 0. The molecule has 2 aliphatic rings. The van der Waals surface area contributed by atoms with Crippen molar-refractivity contribution in [2.45, 2.75) is 56.7 Å². The quantitative estimate of drug-likeness (QED) is 0.853. The molecule has 0 unspecified atom stereocenters.